The van der Waals surface area contributed by atoms with Gasteiger partial charge in [0.05, 0.1) is 12.0 Å². The van der Waals surface area contributed by atoms with Crippen LogP contribution in [0.4, 0.5) is 4.39 Å². The summed E-state index contributed by atoms with van der Waals surface area (Å²) >= 11 is 0. The van der Waals surface area contributed by atoms with Gasteiger partial charge in [0.15, 0.2) is 0 Å². The summed E-state index contributed by atoms with van der Waals surface area (Å²) in [6.07, 6.45) is 2.69. The van der Waals surface area contributed by atoms with Gasteiger partial charge in [0.25, 0.3) is 0 Å². The summed E-state index contributed by atoms with van der Waals surface area (Å²) in [5.41, 5.74) is -0.321. The summed E-state index contributed by atoms with van der Waals surface area (Å²) in [4.78, 5) is 11.5. The Morgan fingerprint density at radius 2 is 2.11 bits per heavy atom. The Bertz CT molecular complexity index is 450. The zero-order chi connectivity index (χ0) is 13.2. The van der Waals surface area contributed by atoms with E-state index in [9.17, 15) is 14.3 Å². The molecule has 1 aliphatic carbocycles. The number of hydrogen-bond donors (Lipinski definition) is 1. The van der Waals surface area contributed by atoms with Gasteiger partial charge < -0.3 is 9.84 Å². The van der Waals surface area contributed by atoms with E-state index in [1.165, 1.54) is 7.11 Å². The molecule has 1 N–H and O–H groups in total. The Kier molecular flexibility index (Phi) is 3.66. The second-order valence-electron chi connectivity index (χ2n) is 4.81. The van der Waals surface area contributed by atoms with E-state index in [0.29, 0.717) is 24.0 Å². The third kappa shape index (κ3) is 2.01. The van der Waals surface area contributed by atoms with Gasteiger partial charge in [-0.3, -0.25) is 4.79 Å². The maximum atomic E-state index is 14.4. The van der Waals surface area contributed by atoms with Crippen LogP contribution in [0, 0.1) is 5.82 Å². The van der Waals surface area contributed by atoms with E-state index in [0.717, 1.165) is 12.8 Å². The summed E-state index contributed by atoms with van der Waals surface area (Å²) in [5.74, 6) is -1.35. The van der Waals surface area contributed by atoms with Crippen molar-refractivity contribution in [3.63, 3.8) is 0 Å². The molecule has 0 radical (unpaired) electrons. The molecule has 18 heavy (non-hydrogen) atoms. The lowest BCUT2D eigenvalue weighted by atomic mass is 9.78. The second-order valence-corrected chi connectivity index (χ2v) is 4.81. The van der Waals surface area contributed by atoms with Gasteiger partial charge in [-0.15, -0.1) is 0 Å². The molecule has 1 aromatic rings. The fraction of sp³-hybridized carbons (Fsp3) is 0.500. The molecule has 1 saturated carbocycles. The van der Waals surface area contributed by atoms with Gasteiger partial charge in [-0.2, -0.15) is 0 Å². The molecule has 1 aromatic carbocycles. The first kappa shape index (κ1) is 13.0. The molecule has 2 rings (SSSR count). The molecule has 1 fully saturated rings. The van der Waals surface area contributed by atoms with Crippen LogP contribution in [0.1, 0.15) is 36.8 Å². The van der Waals surface area contributed by atoms with Crippen LogP contribution < -0.4 is 0 Å². The molecular weight excluding hydrogens is 235 g/mol. The number of rotatable bonds is 4. The van der Waals surface area contributed by atoms with E-state index in [1.54, 1.807) is 18.2 Å². The topological polar surface area (TPSA) is 46.5 Å². The first-order valence-corrected chi connectivity index (χ1v) is 6.12. The summed E-state index contributed by atoms with van der Waals surface area (Å²) in [5, 5.41) is 9.46. The Balaban J connectivity index is 2.49. The molecule has 0 saturated heterocycles. The number of methoxy groups -OCH3 is 1. The number of carboxylic acid groups (broad SMARTS) is 1. The third-order valence-electron chi connectivity index (χ3n) is 3.76. The minimum atomic E-state index is -1.05. The predicted molar refractivity (Wildman–Crippen MR) is 64.9 cm³/mol. The molecule has 0 unspecified atom stereocenters. The summed E-state index contributed by atoms with van der Waals surface area (Å²) < 4.78 is 19.3. The second kappa shape index (κ2) is 5.06. The molecule has 0 heterocycles. The average molecular weight is 252 g/mol. The molecular formula is C14H17FO3. The molecule has 0 atom stereocenters. The molecule has 4 heteroatoms. The van der Waals surface area contributed by atoms with Crippen molar-refractivity contribution < 1.29 is 19.0 Å². The number of aliphatic carboxylic acids is 1. The van der Waals surface area contributed by atoms with Crippen molar-refractivity contribution in [2.24, 2.45) is 0 Å². The van der Waals surface area contributed by atoms with Crippen molar-refractivity contribution >= 4 is 5.97 Å². The summed E-state index contributed by atoms with van der Waals surface area (Å²) in [7, 11) is 1.49. The normalized spacial score (nSPS) is 17.9. The zero-order valence-corrected chi connectivity index (χ0v) is 10.4. The van der Waals surface area contributed by atoms with Crippen molar-refractivity contribution in [2.45, 2.75) is 37.7 Å². The van der Waals surface area contributed by atoms with Gasteiger partial charge >= 0.3 is 5.97 Å². The van der Waals surface area contributed by atoms with Crippen LogP contribution >= 0.6 is 0 Å². The van der Waals surface area contributed by atoms with Gasteiger partial charge in [0, 0.05) is 18.2 Å². The van der Waals surface area contributed by atoms with E-state index in [1.807, 2.05) is 0 Å². The quantitative estimate of drug-likeness (QED) is 0.896. The highest BCUT2D eigenvalue weighted by Gasteiger charge is 2.44. The van der Waals surface area contributed by atoms with Gasteiger partial charge in [-0.25, -0.2) is 4.39 Å². The van der Waals surface area contributed by atoms with Crippen molar-refractivity contribution in [3.05, 3.63) is 35.1 Å². The van der Waals surface area contributed by atoms with Gasteiger partial charge in [-0.1, -0.05) is 31.0 Å². The largest absolute Gasteiger partial charge is 0.481 e. The third-order valence-corrected chi connectivity index (χ3v) is 3.76. The van der Waals surface area contributed by atoms with E-state index in [2.05, 4.69) is 0 Å². The van der Waals surface area contributed by atoms with Gasteiger partial charge in [0.1, 0.15) is 5.82 Å². The number of ether oxygens (including phenoxy) is 1. The molecule has 0 aromatic heterocycles. The zero-order valence-electron chi connectivity index (χ0n) is 10.4. The van der Waals surface area contributed by atoms with Crippen molar-refractivity contribution in [1.82, 2.24) is 0 Å². The van der Waals surface area contributed by atoms with Crippen LogP contribution in [0.5, 0.6) is 0 Å². The van der Waals surface area contributed by atoms with Crippen LogP contribution in [0.15, 0.2) is 18.2 Å². The maximum Gasteiger partial charge on any atom is 0.314 e. The molecule has 0 aliphatic heterocycles. The van der Waals surface area contributed by atoms with E-state index in [4.69, 9.17) is 4.74 Å². The first-order chi connectivity index (χ1) is 8.62. The number of carbonyl (C=O) groups is 1. The number of carboxylic acids is 1. The molecule has 0 spiro atoms. The molecule has 0 bridgehead atoms. The fourth-order valence-corrected chi connectivity index (χ4v) is 2.79. The van der Waals surface area contributed by atoms with Gasteiger partial charge in [0.2, 0.25) is 0 Å². The van der Waals surface area contributed by atoms with E-state index >= 15 is 0 Å². The first-order valence-electron chi connectivity index (χ1n) is 6.12. The lowest BCUT2D eigenvalue weighted by Crippen LogP contribution is -2.33. The van der Waals surface area contributed by atoms with Crippen LogP contribution in [0.25, 0.3) is 0 Å². The SMILES string of the molecule is COCc1cccc(C2(C(=O)O)CCCC2)c1F. The Labute approximate surface area is 106 Å². The standard InChI is InChI=1S/C14H17FO3/c1-18-9-10-5-4-6-11(12(10)15)14(13(16)17)7-2-3-8-14/h4-6H,2-3,7-9H2,1H3,(H,16,17). The highest BCUT2D eigenvalue weighted by molar-refractivity contribution is 5.82. The van der Waals surface area contributed by atoms with Crippen molar-refractivity contribution in [2.75, 3.05) is 7.11 Å². The van der Waals surface area contributed by atoms with Crippen molar-refractivity contribution in [1.29, 1.82) is 0 Å². The number of halogens is 1. The number of benzene rings is 1. The maximum absolute atomic E-state index is 14.4. The lowest BCUT2D eigenvalue weighted by molar-refractivity contribution is -0.143. The van der Waals surface area contributed by atoms with E-state index in [-0.39, 0.29) is 6.61 Å². The molecule has 3 nitrogen and oxygen atoms in total. The Morgan fingerprint density at radius 1 is 1.44 bits per heavy atom. The van der Waals surface area contributed by atoms with Gasteiger partial charge in [-0.05, 0) is 12.8 Å². The fourth-order valence-electron chi connectivity index (χ4n) is 2.79. The summed E-state index contributed by atoms with van der Waals surface area (Å²) in [6.45, 7) is 0.162. The highest BCUT2D eigenvalue weighted by Crippen LogP contribution is 2.42. The Morgan fingerprint density at radius 3 is 2.67 bits per heavy atom. The molecule has 98 valence electrons. The smallest absolute Gasteiger partial charge is 0.314 e. The summed E-state index contributed by atoms with van der Waals surface area (Å²) in [6, 6.07) is 4.93. The van der Waals surface area contributed by atoms with E-state index < -0.39 is 17.2 Å². The highest BCUT2D eigenvalue weighted by atomic mass is 19.1. The monoisotopic (exact) mass is 252 g/mol. The Hall–Kier alpha value is -1.42. The average Bonchev–Trinajstić information content (AvgIpc) is 2.82. The van der Waals surface area contributed by atoms with Crippen LogP contribution in [-0.4, -0.2) is 18.2 Å². The molecule has 1 aliphatic rings. The predicted octanol–water partition coefficient (Wildman–Crippen LogP) is 2.87. The number of hydrogen-bond acceptors (Lipinski definition) is 2. The van der Waals surface area contributed by atoms with Crippen molar-refractivity contribution in [3.8, 4) is 0 Å². The lowest BCUT2D eigenvalue weighted by Gasteiger charge is -2.25. The minimum absolute atomic E-state index is 0.162. The molecule has 0 amide bonds. The minimum Gasteiger partial charge on any atom is -0.481 e. The van der Waals surface area contributed by atoms with Crippen LogP contribution in [0.2, 0.25) is 0 Å². The van der Waals surface area contributed by atoms with Crippen LogP contribution in [0.3, 0.4) is 0 Å². The van der Waals surface area contributed by atoms with Crippen LogP contribution in [-0.2, 0) is 21.6 Å².